The van der Waals surface area contributed by atoms with Gasteiger partial charge in [0.25, 0.3) is 5.91 Å². The van der Waals surface area contributed by atoms with Gasteiger partial charge >= 0.3 is 5.97 Å². The molecular formula is C14H15N3O3. The van der Waals surface area contributed by atoms with Gasteiger partial charge < -0.3 is 10.0 Å². The second kappa shape index (κ2) is 5.64. The Kier molecular flexibility index (Phi) is 3.93. The van der Waals surface area contributed by atoms with Gasteiger partial charge in [-0.05, 0) is 26.0 Å². The van der Waals surface area contributed by atoms with E-state index in [2.05, 4.69) is 9.97 Å². The first-order valence-corrected chi connectivity index (χ1v) is 6.23. The molecule has 0 radical (unpaired) electrons. The smallest absolute Gasteiger partial charge is 0.323 e. The van der Waals surface area contributed by atoms with Gasteiger partial charge in [0.15, 0.2) is 0 Å². The summed E-state index contributed by atoms with van der Waals surface area (Å²) < 4.78 is 0. The first-order valence-electron chi connectivity index (χ1n) is 6.23. The molecule has 104 valence electrons. The lowest BCUT2D eigenvalue weighted by Crippen LogP contribution is -2.40. The van der Waals surface area contributed by atoms with Crippen molar-refractivity contribution in [2.24, 2.45) is 0 Å². The number of aliphatic carboxylic acids is 1. The zero-order chi connectivity index (χ0) is 14.7. The molecule has 0 saturated carbocycles. The molecule has 0 spiro atoms. The van der Waals surface area contributed by atoms with E-state index >= 15 is 0 Å². The summed E-state index contributed by atoms with van der Waals surface area (Å²) in [6.45, 7) is 3.21. The third kappa shape index (κ3) is 2.74. The lowest BCUT2D eigenvalue weighted by Gasteiger charge is -2.25. The monoisotopic (exact) mass is 273 g/mol. The number of carboxylic acids is 1. The molecule has 6 nitrogen and oxygen atoms in total. The summed E-state index contributed by atoms with van der Waals surface area (Å²) in [5.74, 6) is -1.40. The van der Waals surface area contributed by atoms with Gasteiger partial charge in [-0.15, -0.1) is 0 Å². The molecule has 6 heteroatoms. The zero-order valence-corrected chi connectivity index (χ0v) is 11.3. The SMILES string of the molecule is CC(C)N(CC(=O)O)C(=O)c1cccc2nccnc12. The van der Waals surface area contributed by atoms with Gasteiger partial charge in [0.2, 0.25) is 0 Å². The fraction of sp³-hybridized carbons (Fsp3) is 0.286. The maximum Gasteiger partial charge on any atom is 0.323 e. The maximum atomic E-state index is 12.5. The molecule has 0 aliphatic rings. The van der Waals surface area contributed by atoms with E-state index in [4.69, 9.17) is 5.11 Å². The molecule has 2 aromatic rings. The van der Waals surface area contributed by atoms with Crippen LogP contribution in [-0.2, 0) is 4.79 Å². The van der Waals surface area contributed by atoms with Crippen LogP contribution in [0.3, 0.4) is 0 Å². The molecule has 2 rings (SSSR count). The Labute approximate surface area is 116 Å². The van der Waals surface area contributed by atoms with E-state index in [1.54, 1.807) is 38.2 Å². The van der Waals surface area contributed by atoms with Gasteiger partial charge in [0, 0.05) is 18.4 Å². The van der Waals surface area contributed by atoms with Crippen molar-refractivity contribution in [3.8, 4) is 0 Å². The third-order valence-corrected chi connectivity index (χ3v) is 2.92. The molecule has 0 bridgehead atoms. The Morgan fingerprint density at radius 3 is 2.60 bits per heavy atom. The standard InChI is InChI=1S/C14H15N3O3/c1-9(2)17(8-12(18)19)14(20)10-4-3-5-11-13(10)16-7-6-15-11/h3-7,9H,8H2,1-2H3,(H,18,19). The molecule has 0 saturated heterocycles. The topological polar surface area (TPSA) is 83.4 Å². The number of benzene rings is 1. The van der Waals surface area contributed by atoms with Gasteiger partial charge in [0.1, 0.15) is 12.1 Å². The van der Waals surface area contributed by atoms with Gasteiger partial charge in [0.05, 0.1) is 11.1 Å². The highest BCUT2D eigenvalue weighted by Crippen LogP contribution is 2.17. The lowest BCUT2D eigenvalue weighted by atomic mass is 10.1. The number of nitrogens with zero attached hydrogens (tertiary/aromatic N) is 3. The minimum atomic E-state index is -1.04. The van der Waals surface area contributed by atoms with Crippen molar-refractivity contribution in [2.75, 3.05) is 6.54 Å². The highest BCUT2D eigenvalue weighted by molar-refractivity contribution is 6.05. The summed E-state index contributed by atoms with van der Waals surface area (Å²) in [7, 11) is 0. The number of aromatic nitrogens is 2. The fourth-order valence-corrected chi connectivity index (χ4v) is 1.95. The quantitative estimate of drug-likeness (QED) is 0.914. The van der Waals surface area contributed by atoms with Gasteiger partial charge in [-0.25, -0.2) is 0 Å². The van der Waals surface area contributed by atoms with Crippen molar-refractivity contribution in [3.05, 3.63) is 36.2 Å². The molecule has 0 unspecified atom stereocenters. The summed E-state index contributed by atoms with van der Waals surface area (Å²) in [5.41, 5.74) is 1.46. The Bertz CT molecular complexity index is 650. The van der Waals surface area contributed by atoms with Crippen LogP contribution < -0.4 is 0 Å². The number of carboxylic acid groups (broad SMARTS) is 1. The largest absolute Gasteiger partial charge is 0.480 e. The Hall–Kier alpha value is -2.50. The summed E-state index contributed by atoms with van der Waals surface area (Å²) in [4.78, 5) is 33.0. The van der Waals surface area contributed by atoms with E-state index in [0.717, 1.165) is 0 Å². The molecule has 0 fully saturated rings. The van der Waals surface area contributed by atoms with Crippen LogP contribution in [0.25, 0.3) is 11.0 Å². The third-order valence-electron chi connectivity index (χ3n) is 2.92. The average Bonchev–Trinajstić information content (AvgIpc) is 2.43. The molecular weight excluding hydrogens is 258 g/mol. The van der Waals surface area contributed by atoms with E-state index in [1.807, 2.05) is 0 Å². The minimum Gasteiger partial charge on any atom is -0.480 e. The van der Waals surface area contributed by atoms with Crippen LogP contribution in [0.2, 0.25) is 0 Å². The molecule has 0 aliphatic heterocycles. The average molecular weight is 273 g/mol. The van der Waals surface area contributed by atoms with Crippen molar-refractivity contribution >= 4 is 22.9 Å². The molecule has 1 amide bonds. The van der Waals surface area contributed by atoms with Gasteiger partial charge in [-0.1, -0.05) is 6.07 Å². The molecule has 1 N–H and O–H groups in total. The van der Waals surface area contributed by atoms with Gasteiger partial charge in [-0.3, -0.25) is 19.6 Å². The second-order valence-electron chi connectivity index (χ2n) is 4.65. The van der Waals surface area contributed by atoms with Gasteiger partial charge in [-0.2, -0.15) is 0 Å². The fourth-order valence-electron chi connectivity index (χ4n) is 1.95. The maximum absolute atomic E-state index is 12.5. The number of hydrogen-bond donors (Lipinski definition) is 1. The van der Waals surface area contributed by atoms with Crippen LogP contribution in [-0.4, -0.2) is 44.4 Å². The number of hydrogen-bond acceptors (Lipinski definition) is 4. The predicted octanol–water partition coefficient (Wildman–Crippen LogP) is 1.56. The Morgan fingerprint density at radius 2 is 1.95 bits per heavy atom. The summed E-state index contributed by atoms with van der Waals surface area (Å²) >= 11 is 0. The lowest BCUT2D eigenvalue weighted by molar-refractivity contribution is -0.138. The van der Waals surface area contributed by atoms with E-state index < -0.39 is 5.97 Å². The Balaban J connectivity index is 2.46. The van der Waals surface area contributed by atoms with Crippen molar-refractivity contribution in [1.82, 2.24) is 14.9 Å². The predicted molar refractivity (Wildman–Crippen MR) is 73.3 cm³/mol. The normalized spacial score (nSPS) is 10.8. The molecule has 1 aromatic carbocycles. The number of carbonyl (C=O) groups excluding carboxylic acids is 1. The van der Waals surface area contributed by atoms with Crippen molar-refractivity contribution in [3.63, 3.8) is 0 Å². The van der Waals surface area contributed by atoms with Crippen LogP contribution in [0, 0.1) is 0 Å². The molecule has 0 atom stereocenters. The molecule has 1 heterocycles. The number of carbonyl (C=O) groups is 2. The first kappa shape index (κ1) is 13.9. The Morgan fingerprint density at radius 1 is 1.25 bits per heavy atom. The highest BCUT2D eigenvalue weighted by atomic mass is 16.4. The highest BCUT2D eigenvalue weighted by Gasteiger charge is 2.23. The number of para-hydroxylation sites is 1. The summed E-state index contributed by atoms with van der Waals surface area (Å²) in [5, 5.41) is 8.92. The van der Waals surface area contributed by atoms with E-state index in [-0.39, 0.29) is 18.5 Å². The van der Waals surface area contributed by atoms with Crippen LogP contribution in [0.15, 0.2) is 30.6 Å². The van der Waals surface area contributed by atoms with Crippen molar-refractivity contribution in [1.29, 1.82) is 0 Å². The van der Waals surface area contributed by atoms with E-state index in [9.17, 15) is 9.59 Å². The summed E-state index contributed by atoms with van der Waals surface area (Å²) in [6.07, 6.45) is 3.06. The van der Waals surface area contributed by atoms with Crippen molar-refractivity contribution in [2.45, 2.75) is 19.9 Å². The number of amides is 1. The van der Waals surface area contributed by atoms with E-state index in [1.165, 1.54) is 11.1 Å². The summed E-state index contributed by atoms with van der Waals surface area (Å²) in [6, 6.07) is 4.89. The second-order valence-corrected chi connectivity index (χ2v) is 4.65. The van der Waals surface area contributed by atoms with Crippen LogP contribution in [0.4, 0.5) is 0 Å². The van der Waals surface area contributed by atoms with Crippen LogP contribution in [0.1, 0.15) is 24.2 Å². The zero-order valence-electron chi connectivity index (χ0n) is 11.3. The minimum absolute atomic E-state index is 0.217. The number of rotatable bonds is 4. The van der Waals surface area contributed by atoms with E-state index in [0.29, 0.717) is 16.6 Å². The molecule has 1 aromatic heterocycles. The van der Waals surface area contributed by atoms with Crippen LogP contribution in [0.5, 0.6) is 0 Å². The van der Waals surface area contributed by atoms with Crippen molar-refractivity contribution < 1.29 is 14.7 Å². The first-order chi connectivity index (χ1) is 9.50. The number of fused-ring (bicyclic) bond motifs is 1. The van der Waals surface area contributed by atoms with Crippen LogP contribution >= 0.6 is 0 Å². The molecule has 20 heavy (non-hydrogen) atoms. The molecule has 0 aliphatic carbocycles.